The van der Waals surface area contributed by atoms with E-state index in [4.69, 9.17) is 0 Å². The predicted molar refractivity (Wildman–Crippen MR) is 51.6 cm³/mol. The zero-order valence-corrected chi connectivity index (χ0v) is 8.99. The van der Waals surface area contributed by atoms with E-state index < -0.39 is 0 Å². The second-order valence-corrected chi connectivity index (χ2v) is 5.27. The lowest BCUT2D eigenvalue weighted by Crippen LogP contribution is -2.14. The topological polar surface area (TPSA) is 0 Å². The van der Waals surface area contributed by atoms with Gasteiger partial charge in [0.25, 0.3) is 0 Å². The molecule has 0 radical (unpaired) electrons. The zero-order chi connectivity index (χ0) is 5.91. The van der Waals surface area contributed by atoms with Crippen molar-refractivity contribution in [2.24, 2.45) is 0 Å². The summed E-state index contributed by atoms with van der Waals surface area (Å²) in [5.41, 5.74) is 0. The molecule has 1 atom stereocenters. The van der Waals surface area contributed by atoms with Gasteiger partial charge in [0.2, 0.25) is 0 Å². The molecular formula is C5H10I2. The number of rotatable bonds is 2. The lowest BCUT2D eigenvalue weighted by molar-refractivity contribution is 0.739. The Bertz CT molecular complexity index is 44.0. The monoisotopic (exact) mass is 324 g/mol. The van der Waals surface area contributed by atoms with E-state index in [-0.39, 0.29) is 0 Å². The molecule has 0 rings (SSSR count). The van der Waals surface area contributed by atoms with Crippen molar-refractivity contribution in [3.8, 4) is 0 Å². The van der Waals surface area contributed by atoms with Crippen LogP contribution in [-0.2, 0) is 0 Å². The Morgan fingerprint density at radius 1 is 1.57 bits per heavy atom. The van der Waals surface area contributed by atoms with Crippen LogP contribution in [0.15, 0.2) is 0 Å². The highest BCUT2D eigenvalue weighted by Gasteiger charge is 2.13. The zero-order valence-electron chi connectivity index (χ0n) is 4.67. The minimum atomic E-state index is 0.540. The Labute approximate surface area is 72.7 Å². The number of halogens is 2. The van der Waals surface area contributed by atoms with Crippen LogP contribution in [0.4, 0.5) is 0 Å². The van der Waals surface area contributed by atoms with Crippen LogP contribution in [0.25, 0.3) is 0 Å². The van der Waals surface area contributed by atoms with Crippen molar-refractivity contribution < 1.29 is 0 Å². The molecule has 0 fully saturated rings. The Morgan fingerprint density at radius 2 is 2.00 bits per heavy atom. The Balaban J connectivity index is 3.36. The largest absolute Gasteiger partial charge is 0.0849 e. The van der Waals surface area contributed by atoms with Crippen molar-refractivity contribution in [3.05, 3.63) is 0 Å². The predicted octanol–water partition coefficient (Wildman–Crippen LogP) is 3.03. The van der Waals surface area contributed by atoms with Gasteiger partial charge in [0, 0.05) is 7.85 Å². The summed E-state index contributed by atoms with van der Waals surface area (Å²) in [7, 11) is 0. The van der Waals surface area contributed by atoms with Gasteiger partial charge in [0.05, 0.1) is 0 Å². The summed E-state index contributed by atoms with van der Waals surface area (Å²) in [6.45, 7) is 4.51. The minimum Gasteiger partial charge on any atom is -0.0849 e. The van der Waals surface area contributed by atoms with E-state index >= 15 is 0 Å². The molecule has 7 heavy (non-hydrogen) atoms. The van der Waals surface area contributed by atoms with Gasteiger partial charge >= 0.3 is 0 Å². The molecule has 0 N–H and O–H groups in total. The Morgan fingerprint density at radius 3 is 2.00 bits per heavy atom. The summed E-state index contributed by atoms with van der Waals surface area (Å²) < 4.78 is 1.79. The molecule has 44 valence electrons. The first-order chi connectivity index (χ1) is 3.12. The maximum atomic E-state index is 2.50. The van der Waals surface area contributed by atoms with Crippen molar-refractivity contribution in [1.29, 1.82) is 0 Å². The summed E-state index contributed by atoms with van der Waals surface area (Å²) in [5.74, 6) is 0. The van der Waals surface area contributed by atoms with Crippen molar-refractivity contribution >= 4 is 45.2 Å². The third kappa shape index (κ3) is 4.00. The van der Waals surface area contributed by atoms with Crippen LogP contribution in [0.3, 0.4) is 0 Å². The maximum Gasteiger partial charge on any atom is 0.0280 e. The molecule has 0 nitrogen and oxygen atoms in total. The van der Waals surface area contributed by atoms with Gasteiger partial charge in [-0.2, -0.15) is 0 Å². The highest BCUT2D eigenvalue weighted by atomic mass is 127. The normalized spacial score (nSPS) is 18.9. The second kappa shape index (κ2) is 3.48. The molecule has 0 unspecified atom stereocenters. The average molecular weight is 324 g/mol. The molecule has 0 bridgehead atoms. The van der Waals surface area contributed by atoms with Gasteiger partial charge in [0.1, 0.15) is 0 Å². The summed E-state index contributed by atoms with van der Waals surface area (Å²) in [6.07, 6.45) is 1.27. The lowest BCUT2D eigenvalue weighted by Gasteiger charge is -2.14. The van der Waals surface area contributed by atoms with Crippen LogP contribution in [0.5, 0.6) is 0 Å². The summed E-state index contributed by atoms with van der Waals surface area (Å²) in [4.78, 5) is 0. The standard InChI is InChI=1S/C5H10I2/c1-3-5(2,7)4-6/h3-4H2,1-2H3/t5-/m0/s1. The molecule has 0 aliphatic rings. The minimum absolute atomic E-state index is 0.540. The molecule has 0 aromatic carbocycles. The van der Waals surface area contributed by atoms with Crippen LogP contribution in [0.2, 0.25) is 0 Å². The number of hydrogen-bond acceptors (Lipinski definition) is 0. The third-order valence-electron chi connectivity index (χ3n) is 1.02. The van der Waals surface area contributed by atoms with Crippen LogP contribution in [0, 0.1) is 0 Å². The SMILES string of the molecule is CC[C@](C)(I)CI. The van der Waals surface area contributed by atoms with Gasteiger partial charge in [-0.05, 0) is 13.3 Å². The molecule has 0 saturated carbocycles. The fourth-order valence-corrected chi connectivity index (χ4v) is 0.634. The summed E-state index contributed by atoms with van der Waals surface area (Å²) in [5, 5.41) is 0. The highest BCUT2D eigenvalue weighted by Crippen LogP contribution is 2.23. The maximum absolute atomic E-state index is 2.50. The molecule has 0 heterocycles. The van der Waals surface area contributed by atoms with Crippen LogP contribution < -0.4 is 0 Å². The van der Waals surface area contributed by atoms with E-state index in [0.29, 0.717) is 3.42 Å². The molecule has 0 aliphatic carbocycles. The highest BCUT2D eigenvalue weighted by molar-refractivity contribution is 14.1. The summed E-state index contributed by atoms with van der Waals surface area (Å²) in [6, 6.07) is 0. The van der Waals surface area contributed by atoms with E-state index in [0.717, 1.165) is 0 Å². The first-order valence-corrected chi connectivity index (χ1v) is 4.97. The first-order valence-electron chi connectivity index (χ1n) is 2.37. The quantitative estimate of drug-likeness (QED) is 0.541. The van der Waals surface area contributed by atoms with Crippen LogP contribution in [0.1, 0.15) is 20.3 Å². The number of alkyl halides is 2. The van der Waals surface area contributed by atoms with E-state index in [9.17, 15) is 0 Å². The van der Waals surface area contributed by atoms with Gasteiger partial charge in [-0.3, -0.25) is 0 Å². The van der Waals surface area contributed by atoms with E-state index in [1.165, 1.54) is 10.8 Å². The number of hydrogen-bond donors (Lipinski definition) is 0. The van der Waals surface area contributed by atoms with Gasteiger partial charge < -0.3 is 0 Å². The fraction of sp³-hybridized carbons (Fsp3) is 1.00. The molecule has 0 aromatic rings. The first kappa shape index (κ1) is 8.46. The van der Waals surface area contributed by atoms with Crippen molar-refractivity contribution in [2.45, 2.75) is 23.7 Å². The van der Waals surface area contributed by atoms with E-state index in [1.807, 2.05) is 0 Å². The van der Waals surface area contributed by atoms with Crippen molar-refractivity contribution in [3.63, 3.8) is 0 Å². The molecular weight excluding hydrogens is 314 g/mol. The van der Waals surface area contributed by atoms with Crippen molar-refractivity contribution in [1.82, 2.24) is 0 Å². The second-order valence-electron chi connectivity index (χ2n) is 1.90. The van der Waals surface area contributed by atoms with E-state index in [1.54, 1.807) is 0 Å². The average Bonchev–Trinajstić information content (AvgIpc) is 1.68. The molecule has 0 spiro atoms. The third-order valence-corrected chi connectivity index (χ3v) is 5.30. The molecule has 0 saturated heterocycles. The van der Waals surface area contributed by atoms with Crippen LogP contribution in [-0.4, -0.2) is 7.85 Å². The molecule has 0 aromatic heterocycles. The Kier molecular flexibility index (Phi) is 4.20. The smallest absolute Gasteiger partial charge is 0.0280 e. The summed E-state index contributed by atoms with van der Waals surface area (Å²) >= 11 is 4.92. The van der Waals surface area contributed by atoms with E-state index in [2.05, 4.69) is 59.0 Å². The van der Waals surface area contributed by atoms with Gasteiger partial charge in [-0.1, -0.05) is 52.1 Å². The Hall–Kier alpha value is 1.46. The van der Waals surface area contributed by atoms with Crippen molar-refractivity contribution in [2.75, 3.05) is 4.43 Å². The lowest BCUT2D eigenvalue weighted by atomic mass is 10.2. The molecule has 2 heteroatoms. The molecule has 0 aliphatic heterocycles. The van der Waals surface area contributed by atoms with Gasteiger partial charge in [-0.25, -0.2) is 0 Å². The fourth-order valence-electron chi connectivity index (χ4n) is 0.0945. The van der Waals surface area contributed by atoms with Crippen LogP contribution >= 0.6 is 45.2 Å². The van der Waals surface area contributed by atoms with Gasteiger partial charge in [0.15, 0.2) is 0 Å². The van der Waals surface area contributed by atoms with Gasteiger partial charge in [-0.15, -0.1) is 0 Å². The molecule has 0 amide bonds.